The molecule has 1 aromatic heterocycles. The van der Waals surface area contributed by atoms with Gasteiger partial charge < -0.3 is 4.74 Å². The Balaban J connectivity index is 1.44. The van der Waals surface area contributed by atoms with Gasteiger partial charge in [-0.15, -0.1) is 0 Å². The highest BCUT2D eigenvalue weighted by atomic mass is 32.2. The fraction of sp³-hybridized carbons (Fsp3) is 0.290. The molecule has 8 heteroatoms. The summed E-state index contributed by atoms with van der Waals surface area (Å²) in [6.07, 6.45) is 3.12. The van der Waals surface area contributed by atoms with E-state index in [1.165, 1.54) is 8.98 Å². The molecule has 0 bridgehead atoms. The Kier molecular flexibility index (Phi) is 7.32. The van der Waals surface area contributed by atoms with Crippen LogP contribution in [0.2, 0.25) is 0 Å². The highest BCUT2D eigenvalue weighted by Crippen LogP contribution is 2.28. The van der Waals surface area contributed by atoms with Gasteiger partial charge in [0.2, 0.25) is 0 Å². The average Bonchev–Trinajstić information content (AvgIpc) is 3.32. The minimum absolute atomic E-state index is 0.117. The molecule has 0 saturated carbocycles. The first-order valence-electron chi connectivity index (χ1n) is 13.1. The molecule has 5 rings (SSSR count). The quantitative estimate of drug-likeness (QED) is 0.283. The van der Waals surface area contributed by atoms with Crippen LogP contribution in [0.5, 0.6) is 0 Å². The Morgan fingerprint density at radius 3 is 2.33 bits per heavy atom. The maximum Gasteiger partial charge on any atom is 0.418 e. The van der Waals surface area contributed by atoms with Crippen LogP contribution in [-0.4, -0.2) is 40.8 Å². The minimum atomic E-state index is -3.73. The summed E-state index contributed by atoms with van der Waals surface area (Å²) in [7, 11) is -3.73. The molecule has 39 heavy (non-hydrogen) atoms. The molecule has 0 radical (unpaired) electrons. The first kappa shape index (κ1) is 26.7. The zero-order chi connectivity index (χ0) is 27.6. The van der Waals surface area contributed by atoms with Crippen molar-refractivity contribution in [2.24, 2.45) is 5.10 Å². The van der Waals surface area contributed by atoms with Crippen molar-refractivity contribution in [3.05, 3.63) is 108 Å². The number of hydrogen-bond acceptors (Lipinski definition) is 5. The van der Waals surface area contributed by atoms with Crippen LogP contribution >= 0.6 is 0 Å². The molecule has 0 spiro atoms. The van der Waals surface area contributed by atoms with Gasteiger partial charge in [-0.25, -0.2) is 13.2 Å². The third-order valence-electron chi connectivity index (χ3n) is 6.65. The van der Waals surface area contributed by atoms with Gasteiger partial charge in [-0.1, -0.05) is 66.7 Å². The second-order valence-corrected chi connectivity index (χ2v) is 12.7. The molecule has 3 aromatic carbocycles. The molecule has 1 atom stereocenters. The fourth-order valence-corrected chi connectivity index (χ4v) is 6.48. The highest BCUT2D eigenvalue weighted by Gasteiger charge is 2.33. The Labute approximate surface area is 229 Å². The molecule has 0 aliphatic carbocycles. The predicted octanol–water partition coefficient (Wildman–Crippen LogP) is 6.37. The summed E-state index contributed by atoms with van der Waals surface area (Å²) in [6.45, 7) is 5.51. The van der Waals surface area contributed by atoms with Gasteiger partial charge in [0.15, 0.2) is 0 Å². The van der Waals surface area contributed by atoms with Crippen LogP contribution in [-0.2, 0) is 26.9 Å². The maximum absolute atomic E-state index is 13.7. The number of aromatic nitrogens is 1. The molecule has 0 saturated heterocycles. The minimum Gasteiger partial charge on any atom is -0.443 e. The zero-order valence-electron chi connectivity index (χ0n) is 22.4. The lowest BCUT2D eigenvalue weighted by Crippen LogP contribution is -2.42. The topological polar surface area (TPSA) is 81.0 Å². The number of fused-ring (bicyclic) bond motifs is 1. The number of sulfonamides is 1. The monoisotopic (exact) mass is 543 g/mol. The Bertz CT molecular complexity index is 1600. The van der Waals surface area contributed by atoms with E-state index in [1.807, 2.05) is 106 Å². The summed E-state index contributed by atoms with van der Waals surface area (Å²) in [5, 5.41) is 5.61. The van der Waals surface area contributed by atoms with Crippen molar-refractivity contribution < 1.29 is 17.9 Å². The molecule has 0 unspecified atom stereocenters. The molecule has 7 nitrogen and oxygen atoms in total. The lowest BCUT2D eigenvalue weighted by molar-refractivity contribution is 0.0544. The molecular formula is C31H33N3O4S. The van der Waals surface area contributed by atoms with Gasteiger partial charge in [-0.05, 0) is 74.9 Å². The van der Waals surface area contributed by atoms with Crippen molar-refractivity contribution in [3.8, 4) is 0 Å². The number of ether oxygens (including phenoxy) is 1. The number of nitrogens with zero attached hydrogens (tertiary/aromatic N) is 3. The molecule has 2 heterocycles. The summed E-state index contributed by atoms with van der Waals surface area (Å²) >= 11 is 0. The molecule has 202 valence electrons. The smallest absolute Gasteiger partial charge is 0.418 e. The predicted molar refractivity (Wildman–Crippen MR) is 154 cm³/mol. The summed E-state index contributed by atoms with van der Waals surface area (Å²) < 4.78 is 35.8. The van der Waals surface area contributed by atoms with E-state index in [2.05, 4.69) is 0 Å². The lowest BCUT2D eigenvalue weighted by atomic mass is 9.96. The van der Waals surface area contributed by atoms with Crippen molar-refractivity contribution in [1.82, 2.24) is 8.98 Å². The fourth-order valence-electron chi connectivity index (χ4n) is 4.88. The van der Waals surface area contributed by atoms with Crippen LogP contribution in [0, 0.1) is 0 Å². The van der Waals surface area contributed by atoms with Gasteiger partial charge in [0.25, 0.3) is 10.0 Å². The standard InChI is InChI=1S/C31H33N3O4S/c1-31(2,3)38-30(35)33-19-18-26-20-24(14-17-29(26)33)21-27-15-16-28(25-12-8-5-9-13-25)32-34(27)39(36,37)22-23-10-6-4-7-11-23/h4-14,17-20,27H,15-16,21-22H2,1-3H3/t27-/m0/s1. The van der Waals surface area contributed by atoms with Crippen LogP contribution < -0.4 is 0 Å². The van der Waals surface area contributed by atoms with Gasteiger partial charge in [-0.2, -0.15) is 9.52 Å². The second-order valence-electron chi connectivity index (χ2n) is 10.9. The molecule has 0 N–H and O–H groups in total. The molecule has 1 aliphatic rings. The number of hydrazone groups is 1. The van der Waals surface area contributed by atoms with E-state index >= 15 is 0 Å². The summed E-state index contributed by atoms with van der Waals surface area (Å²) in [5.74, 6) is -0.117. The molecule has 4 aromatic rings. The highest BCUT2D eigenvalue weighted by molar-refractivity contribution is 7.88. The molecule has 0 fully saturated rings. The van der Waals surface area contributed by atoms with Gasteiger partial charge in [0.05, 0.1) is 23.0 Å². The first-order chi connectivity index (χ1) is 18.6. The van der Waals surface area contributed by atoms with E-state index in [0.717, 1.165) is 33.3 Å². The van der Waals surface area contributed by atoms with Crippen LogP contribution in [0.15, 0.2) is 96.2 Å². The second kappa shape index (κ2) is 10.7. The number of hydrogen-bond donors (Lipinski definition) is 0. The van der Waals surface area contributed by atoms with E-state index in [0.29, 0.717) is 19.3 Å². The van der Waals surface area contributed by atoms with E-state index in [1.54, 1.807) is 6.20 Å². The van der Waals surface area contributed by atoms with Crippen LogP contribution in [0.3, 0.4) is 0 Å². The van der Waals surface area contributed by atoms with Gasteiger partial charge in [0, 0.05) is 11.6 Å². The van der Waals surface area contributed by atoms with Crippen LogP contribution in [0.1, 0.15) is 50.3 Å². The maximum atomic E-state index is 13.7. The molecule has 1 aliphatic heterocycles. The zero-order valence-corrected chi connectivity index (χ0v) is 23.3. The van der Waals surface area contributed by atoms with Crippen LogP contribution in [0.4, 0.5) is 4.79 Å². The van der Waals surface area contributed by atoms with E-state index in [9.17, 15) is 13.2 Å². The number of rotatable bonds is 6. The van der Waals surface area contributed by atoms with E-state index in [-0.39, 0.29) is 11.8 Å². The Hall–Kier alpha value is -3.91. The third-order valence-corrected chi connectivity index (χ3v) is 8.29. The van der Waals surface area contributed by atoms with Crippen molar-refractivity contribution >= 4 is 32.7 Å². The third kappa shape index (κ3) is 6.23. The Morgan fingerprint density at radius 1 is 0.949 bits per heavy atom. The molecular weight excluding hydrogens is 510 g/mol. The summed E-state index contributed by atoms with van der Waals surface area (Å²) in [5.41, 5.74) is 3.56. The summed E-state index contributed by atoms with van der Waals surface area (Å²) in [6, 6.07) is 26.3. The first-order valence-corrected chi connectivity index (χ1v) is 14.7. The van der Waals surface area contributed by atoms with Gasteiger partial charge in [-0.3, -0.25) is 4.57 Å². The van der Waals surface area contributed by atoms with Crippen molar-refractivity contribution in [2.75, 3.05) is 0 Å². The number of carbonyl (C=O) groups excluding carboxylic acids is 1. The van der Waals surface area contributed by atoms with E-state index in [4.69, 9.17) is 9.84 Å². The lowest BCUT2D eigenvalue weighted by Gasteiger charge is -2.33. The SMILES string of the molecule is CC(C)(C)OC(=O)n1ccc2cc(C[C@@H]3CCC(c4ccccc4)=NN3S(=O)(=O)Cc3ccccc3)ccc21. The van der Waals surface area contributed by atoms with Gasteiger partial charge in [0.1, 0.15) is 5.60 Å². The molecule has 0 amide bonds. The van der Waals surface area contributed by atoms with Crippen molar-refractivity contribution in [2.45, 2.75) is 57.4 Å². The average molecular weight is 544 g/mol. The van der Waals surface area contributed by atoms with E-state index < -0.39 is 21.7 Å². The number of carbonyl (C=O) groups is 1. The summed E-state index contributed by atoms with van der Waals surface area (Å²) in [4.78, 5) is 12.6. The Morgan fingerprint density at radius 2 is 1.64 bits per heavy atom. The van der Waals surface area contributed by atoms with Crippen molar-refractivity contribution in [1.29, 1.82) is 0 Å². The van der Waals surface area contributed by atoms with Crippen molar-refractivity contribution in [3.63, 3.8) is 0 Å². The normalized spacial score (nSPS) is 16.2. The largest absolute Gasteiger partial charge is 0.443 e. The van der Waals surface area contributed by atoms with Crippen LogP contribution in [0.25, 0.3) is 10.9 Å². The number of benzene rings is 3. The van der Waals surface area contributed by atoms with Gasteiger partial charge >= 0.3 is 6.09 Å².